The Balaban J connectivity index is 2.01. The lowest BCUT2D eigenvalue weighted by molar-refractivity contribution is 0.155. The van der Waals surface area contributed by atoms with Gasteiger partial charge in [0.2, 0.25) is 0 Å². The summed E-state index contributed by atoms with van der Waals surface area (Å²) in [6.45, 7) is 9.20. The van der Waals surface area contributed by atoms with Crippen molar-refractivity contribution in [2.75, 3.05) is 26.2 Å². The number of benzene rings is 1. The molecule has 1 atom stereocenters. The molecule has 2 aromatic rings. The monoisotopic (exact) mass is 285 g/mol. The van der Waals surface area contributed by atoms with Gasteiger partial charge in [-0.05, 0) is 24.0 Å². The zero-order valence-corrected chi connectivity index (χ0v) is 13.5. The minimum Gasteiger partial charge on any atom is -0.350 e. The van der Waals surface area contributed by atoms with Gasteiger partial charge in [0.15, 0.2) is 0 Å². The Morgan fingerprint density at radius 3 is 2.57 bits per heavy atom. The van der Waals surface area contributed by atoms with Gasteiger partial charge >= 0.3 is 0 Å². The highest BCUT2D eigenvalue weighted by Crippen LogP contribution is 2.34. The third kappa shape index (κ3) is 2.99. The first-order valence-corrected chi connectivity index (χ1v) is 8.15. The average Bonchev–Trinajstić information content (AvgIpc) is 2.83. The molecule has 0 amide bonds. The predicted molar refractivity (Wildman–Crippen MR) is 89.6 cm³/mol. The molecule has 1 aromatic heterocycles. The summed E-state index contributed by atoms with van der Waals surface area (Å²) in [7, 11) is 2.16. The van der Waals surface area contributed by atoms with Gasteiger partial charge in [0.1, 0.15) is 0 Å². The summed E-state index contributed by atoms with van der Waals surface area (Å²) < 4.78 is 2.28. The minimum absolute atomic E-state index is 0.540. The van der Waals surface area contributed by atoms with Crippen molar-refractivity contribution in [2.24, 2.45) is 13.0 Å². The Kier molecular flexibility index (Phi) is 4.32. The highest BCUT2D eigenvalue weighted by atomic mass is 15.2. The number of nitrogens with one attached hydrogen (secondary N) is 1. The van der Waals surface area contributed by atoms with Gasteiger partial charge in [-0.25, -0.2) is 0 Å². The number of fused-ring (bicyclic) bond motifs is 1. The van der Waals surface area contributed by atoms with E-state index in [9.17, 15) is 0 Å². The molecule has 3 heteroatoms. The summed E-state index contributed by atoms with van der Waals surface area (Å²) >= 11 is 0. The maximum Gasteiger partial charge on any atom is 0.0481 e. The van der Waals surface area contributed by atoms with E-state index >= 15 is 0 Å². The fraction of sp³-hybridized carbons (Fsp3) is 0.556. The van der Waals surface area contributed by atoms with Crippen LogP contribution in [0, 0.1) is 5.92 Å². The molecule has 1 N–H and O–H groups in total. The van der Waals surface area contributed by atoms with Gasteiger partial charge < -0.3 is 9.88 Å². The van der Waals surface area contributed by atoms with Crippen molar-refractivity contribution in [3.63, 3.8) is 0 Å². The molecule has 0 aliphatic carbocycles. The first-order valence-electron chi connectivity index (χ1n) is 8.15. The van der Waals surface area contributed by atoms with E-state index in [0.717, 1.165) is 26.2 Å². The number of para-hydroxylation sites is 1. The Labute approximate surface area is 127 Å². The van der Waals surface area contributed by atoms with Crippen LogP contribution in [0.2, 0.25) is 0 Å². The van der Waals surface area contributed by atoms with Crippen molar-refractivity contribution in [2.45, 2.75) is 26.3 Å². The van der Waals surface area contributed by atoms with Crippen LogP contribution in [0.15, 0.2) is 30.5 Å². The van der Waals surface area contributed by atoms with E-state index in [1.165, 1.54) is 22.9 Å². The number of piperazine rings is 1. The summed E-state index contributed by atoms with van der Waals surface area (Å²) in [5.74, 6) is 0.712. The summed E-state index contributed by atoms with van der Waals surface area (Å²) in [4.78, 5) is 2.66. The van der Waals surface area contributed by atoms with Crippen molar-refractivity contribution in [3.8, 4) is 0 Å². The van der Waals surface area contributed by atoms with E-state index in [1.807, 2.05) is 0 Å². The maximum atomic E-state index is 3.47. The van der Waals surface area contributed by atoms with Crippen molar-refractivity contribution in [3.05, 3.63) is 36.0 Å². The number of hydrogen-bond donors (Lipinski definition) is 1. The van der Waals surface area contributed by atoms with E-state index in [2.05, 4.69) is 66.1 Å². The number of nitrogens with zero attached hydrogens (tertiary/aromatic N) is 2. The lowest BCUT2D eigenvalue weighted by Gasteiger charge is -2.36. The van der Waals surface area contributed by atoms with Crippen LogP contribution in [0.4, 0.5) is 0 Å². The van der Waals surface area contributed by atoms with Crippen molar-refractivity contribution < 1.29 is 0 Å². The molecule has 1 aliphatic rings. The van der Waals surface area contributed by atoms with Gasteiger partial charge in [-0.3, -0.25) is 4.90 Å². The zero-order valence-electron chi connectivity index (χ0n) is 13.5. The highest BCUT2D eigenvalue weighted by Gasteiger charge is 2.25. The molecule has 1 aromatic carbocycles. The molecule has 0 radical (unpaired) electrons. The SMILES string of the molecule is CC(C)C[C@@H](c1cn(C)c2ccccc12)N1CCNCC1. The normalized spacial score (nSPS) is 18.5. The second kappa shape index (κ2) is 6.20. The molecule has 0 spiro atoms. The van der Waals surface area contributed by atoms with Gasteiger partial charge in [0, 0.05) is 56.4 Å². The van der Waals surface area contributed by atoms with Gasteiger partial charge in [0.05, 0.1) is 0 Å². The number of hydrogen-bond acceptors (Lipinski definition) is 2. The summed E-state index contributed by atoms with van der Waals surface area (Å²) in [6, 6.07) is 9.34. The molecule has 3 nitrogen and oxygen atoms in total. The lowest BCUT2D eigenvalue weighted by Crippen LogP contribution is -2.45. The fourth-order valence-electron chi connectivity index (χ4n) is 3.55. The number of aryl methyl sites for hydroxylation is 1. The van der Waals surface area contributed by atoms with Crippen LogP contribution < -0.4 is 5.32 Å². The quantitative estimate of drug-likeness (QED) is 0.931. The topological polar surface area (TPSA) is 20.2 Å². The minimum atomic E-state index is 0.540. The van der Waals surface area contributed by atoms with Crippen LogP contribution in [0.1, 0.15) is 31.9 Å². The highest BCUT2D eigenvalue weighted by molar-refractivity contribution is 5.84. The van der Waals surface area contributed by atoms with Crippen molar-refractivity contribution >= 4 is 10.9 Å². The molecule has 1 aliphatic heterocycles. The Bertz CT molecular complexity index is 594. The second-order valence-corrected chi connectivity index (χ2v) is 6.64. The van der Waals surface area contributed by atoms with Crippen LogP contribution >= 0.6 is 0 Å². The van der Waals surface area contributed by atoms with Crippen molar-refractivity contribution in [1.29, 1.82) is 0 Å². The Morgan fingerprint density at radius 2 is 1.86 bits per heavy atom. The third-order valence-corrected chi connectivity index (χ3v) is 4.57. The summed E-state index contributed by atoms with van der Waals surface area (Å²) in [6.07, 6.45) is 3.58. The molecule has 2 heterocycles. The van der Waals surface area contributed by atoms with Crippen LogP contribution in [0.5, 0.6) is 0 Å². The molecular formula is C18H27N3. The molecule has 0 bridgehead atoms. The fourth-order valence-corrected chi connectivity index (χ4v) is 3.55. The first kappa shape index (κ1) is 14.6. The third-order valence-electron chi connectivity index (χ3n) is 4.57. The van der Waals surface area contributed by atoms with Gasteiger partial charge in [-0.15, -0.1) is 0 Å². The number of rotatable bonds is 4. The van der Waals surface area contributed by atoms with E-state index < -0.39 is 0 Å². The molecule has 1 saturated heterocycles. The van der Waals surface area contributed by atoms with Gasteiger partial charge in [0.25, 0.3) is 0 Å². The zero-order chi connectivity index (χ0) is 14.8. The molecule has 114 valence electrons. The first-order chi connectivity index (χ1) is 10.2. The Hall–Kier alpha value is -1.32. The van der Waals surface area contributed by atoms with E-state index in [1.54, 1.807) is 0 Å². The predicted octanol–water partition coefficient (Wildman–Crippen LogP) is 3.17. The molecular weight excluding hydrogens is 258 g/mol. The van der Waals surface area contributed by atoms with Crippen LogP contribution in [0.25, 0.3) is 10.9 Å². The van der Waals surface area contributed by atoms with Crippen LogP contribution in [-0.4, -0.2) is 35.6 Å². The summed E-state index contributed by atoms with van der Waals surface area (Å²) in [5, 5.41) is 4.89. The number of aromatic nitrogens is 1. The Morgan fingerprint density at radius 1 is 1.14 bits per heavy atom. The van der Waals surface area contributed by atoms with E-state index in [4.69, 9.17) is 0 Å². The molecule has 1 fully saturated rings. The molecule has 3 rings (SSSR count). The summed E-state index contributed by atoms with van der Waals surface area (Å²) in [5.41, 5.74) is 2.85. The van der Waals surface area contributed by atoms with Crippen LogP contribution in [0.3, 0.4) is 0 Å². The van der Waals surface area contributed by atoms with Gasteiger partial charge in [-0.2, -0.15) is 0 Å². The average molecular weight is 285 g/mol. The van der Waals surface area contributed by atoms with Crippen molar-refractivity contribution in [1.82, 2.24) is 14.8 Å². The largest absolute Gasteiger partial charge is 0.350 e. The maximum absolute atomic E-state index is 3.47. The second-order valence-electron chi connectivity index (χ2n) is 6.64. The van der Waals surface area contributed by atoms with E-state index in [0.29, 0.717) is 12.0 Å². The molecule has 0 unspecified atom stereocenters. The smallest absolute Gasteiger partial charge is 0.0481 e. The van der Waals surface area contributed by atoms with Crippen LogP contribution in [-0.2, 0) is 7.05 Å². The standard InChI is InChI=1S/C18H27N3/c1-14(2)12-18(21-10-8-19-9-11-21)16-13-20(3)17-7-5-4-6-15(16)17/h4-7,13-14,18-19H,8-12H2,1-3H3/t18-/m0/s1. The lowest BCUT2D eigenvalue weighted by atomic mass is 9.94. The van der Waals surface area contributed by atoms with Gasteiger partial charge in [-0.1, -0.05) is 32.0 Å². The molecule has 0 saturated carbocycles. The van der Waals surface area contributed by atoms with E-state index in [-0.39, 0.29) is 0 Å². The molecule has 21 heavy (non-hydrogen) atoms.